The minimum atomic E-state index is -0.967. The molecule has 0 atom stereocenters. The van der Waals surface area contributed by atoms with Gasteiger partial charge in [-0.25, -0.2) is 0 Å². The topological polar surface area (TPSA) is 69.6 Å². The van der Waals surface area contributed by atoms with Gasteiger partial charge in [0.15, 0.2) is 0 Å². The number of aromatic hydroxyl groups is 1. The van der Waals surface area contributed by atoms with Crippen molar-refractivity contribution < 1.29 is 15.0 Å². The van der Waals surface area contributed by atoms with E-state index in [1.807, 2.05) is 6.07 Å². The zero-order valence-electron chi connectivity index (χ0n) is 8.82. The maximum absolute atomic E-state index is 10.8. The van der Waals surface area contributed by atoms with Gasteiger partial charge in [-0.2, -0.15) is 0 Å². The van der Waals surface area contributed by atoms with Gasteiger partial charge >= 0.3 is 5.97 Å². The molecule has 0 saturated heterocycles. The monoisotopic (exact) mass is 209 g/mol. The lowest BCUT2D eigenvalue weighted by Gasteiger charge is -2.21. The van der Waals surface area contributed by atoms with Crippen LogP contribution in [0.1, 0.15) is 19.4 Å². The normalized spacial score (nSPS) is 11.3. The minimum absolute atomic E-state index is 0.183. The Hall–Kier alpha value is -1.55. The highest BCUT2D eigenvalue weighted by atomic mass is 16.4. The summed E-state index contributed by atoms with van der Waals surface area (Å²) in [5.41, 5.74) is -0.116. The highest BCUT2D eigenvalue weighted by Gasteiger charge is 2.25. The Morgan fingerprint density at radius 2 is 2.13 bits per heavy atom. The van der Waals surface area contributed by atoms with Gasteiger partial charge in [0.05, 0.1) is 0 Å². The summed E-state index contributed by atoms with van der Waals surface area (Å²) in [5.74, 6) is -0.718. The minimum Gasteiger partial charge on any atom is -0.508 e. The summed E-state index contributed by atoms with van der Waals surface area (Å²) in [6, 6.07) is 6.72. The van der Waals surface area contributed by atoms with E-state index in [2.05, 4.69) is 5.32 Å². The van der Waals surface area contributed by atoms with Gasteiger partial charge in [-0.05, 0) is 31.5 Å². The SMILES string of the molecule is CC(C)(NCc1cccc(O)c1)C(=O)O. The number of carbonyl (C=O) groups is 1. The fourth-order valence-corrected chi connectivity index (χ4v) is 1.07. The summed E-state index contributed by atoms with van der Waals surface area (Å²) in [6.07, 6.45) is 0. The molecule has 0 bridgehead atoms. The summed E-state index contributed by atoms with van der Waals surface area (Å²) in [6.45, 7) is 3.60. The van der Waals surface area contributed by atoms with Gasteiger partial charge in [0, 0.05) is 6.54 Å². The van der Waals surface area contributed by atoms with Crippen molar-refractivity contribution in [1.29, 1.82) is 0 Å². The van der Waals surface area contributed by atoms with E-state index in [0.29, 0.717) is 6.54 Å². The van der Waals surface area contributed by atoms with Crippen LogP contribution in [0.5, 0.6) is 5.75 Å². The smallest absolute Gasteiger partial charge is 0.323 e. The molecule has 0 unspecified atom stereocenters. The Morgan fingerprint density at radius 1 is 1.47 bits per heavy atom. The lowest BCUT2D eigenvalue weighted by molar-refractivity contribution is -0.143. The zero-order valence-corrected chi connectivity index (χ0v) is 8.82. The van der Waals surface area contributed by atoms with Crippen LogP contribution in [-0.4, -0.2) is 21.7 Å². The third kappa shape index (κ3) is 3.25. The summed E-state index contributed by atoms with van der Waals surface area (Å²) in [4.78, 5) is 10.8. The van der Waals surface area contributed by atoms with Crippen LogP contribution in [0.25, 0.3) is 0 Å². The molecule has 4 nitrogen and oxygen atoms in total. The van der Waals surface area contributed by atoms with Gasteiger partial charge in [-0.1, -0.05) is 12.1 Å². The first-order valence-electron chi connectivity index (χ1n) is 4.68. The molecule has 0 heterocycles. The van der Waals surface area contributed by atoms with Crippen molar-refractivity contribution in [2.45, 2.75) is 25.9 Å². The molecule has 15 heavy (non-hydrogen) atoms. The van der Waals surface area contributed by atoms with E-state index in [1.165, 1.54) is 0 Å². The van der Waals surface area contributed by atoms with Gasteiger partial charge in [0.25, 0.3) is 0 Å². The predicted octanol–water partition coefficient (Wildman–Crippen LogP) is 1.34. The maximum atomic E-state index is 10.8. The van der Waals surface area contributed by atoms with E-state index in [1.54, 1.807) is 32.0 Å². The molecule has 0 saturated carbocycles. The zero-order chi connectivity index (χ0) is 11.5. The van der Waals surface area contributed by atoms with Crippen molar-refractivity contribution in [2.24, 2.45) is 0 Å². The van der Waals surface area contributed by atoms with Crippen LogP contribution in [0.4, 0.5) is 0 Å². The van der Waals surface area contributed by atoms with Gasteiger partial charge in [-0.3, -0.25) is 10.1 Å². The van der Waals surface area contributed by atoms with E-state index >= 15 is 0 Å². The number of nitrogens with one attached hydrogen (secondary N) is 1. The van der Waals surface area contributed by atoms with E-state index < -0.39 is 11.5 Å². The van der Waals surface area contributed by atoms with E-state index in [4.69, 9.17) is 5.11 Å². The molecule has 1 aromatic rings. The van der Waals surface area contributed by atoms with Crippen LogP contribution in [0.15, 0.2) is 24.3 Å². The summed E-state index contributed by atoms with van der Waals surface area (Å²) >= 11 is 0. The molecule has 0 aliphatic rings. The second-order valence-electron chi connectivity index (χ2n) is 3.95. The number of hydrogen-bond acceptors (Lipinski definition) is 3. The molecule has 1 rings (SSSR count). The van der Waals surface area contributed by atoms with Crippen molar-refractivity contribution in [3.63, 3.8) is 0 Å². The fourth-order valence-electron chi connectivity index (χ4n) is 1.07. The van der Waals surface area contributed by atoms with Crippen LogP contribution in [0, 0.1) is 0 Å². The first-order chi connectivity index (χ1) is 6.92. The van der Waals surface area contributed by atoms with E-state index in [0.717, 1.165) is 5.56 Å². The van der Waals surface area contributed by atoms with Crippen LogP contribution in [0.2, 0.25) is 0 Å². The lowest BCUT2D eigenvalue weighted by atomic mass is 10.1. The van der Waals surface area contributed by atoms with Gasteiger partial charge in [0.2, 0.25) is 0 Å². The second kappa shape index (κ2) is 4.31. The summed E-state index contributed by atoms with van der Waals surface area (Å²) < 4.78 is 0. The molecule has 0 radical (unpaired) electrons. The molecule has 1 aromatic carbocycles. The van der Waals surface area contributed by atoms with E-state index in [-0.39, 0.29) is 5.75 Å². The highest BCUT2D eigenvalue weighted by molar-refractivity contribution is 5.77. The number of carboxylic acids is 1. The van der Waals surface area contributed by atoms with Gasteiger partial charge < -0.3 is 10.2 Å². The molecular weight excluding hydrogens is 194 g/mol. The van der Waals surface area contributed by atoms with Gasteiger partial charge in [-0.15, -0.1) is 0 Å². The second-order valence-corrected chi connectivity index (χ2v) is 3.95. The molecular formula is C11H15NO3. The number of aliphatic carboxylic acids is 1. The standard InChI is InChI=1S/C11H15NO3/c1-11(2,10(14)15)12-7-8-4-3-5-9(13)6-8/h3-6,12-13H,7H2,1-2H3,(H,14,15). The number of rotatable bonds is 4. The van der Waals surface area contributed by atoms with Crippen molar-refractivity contribution in [3.8, 4) is 5.75 Å². The number of benzene rings is 1. The molecule has 0 aliphatic heterocycles. The third-order valence-corrected chi connectivity index (χ3v) is 2.18. The number of phenolic OH excluding ortho intramolecular Hbond substituents is 1. The summed E-state index contributed by atoms with van der Waals surface area (Å²) in [7, 11) is 0. The average molecular weight is 209 g/mol. The maximum Gasteiger partial charge on any atom is 0.323 e. The molecule has 3 N–H and O–H groups in total. The molecule has 0 fully saturated rings. The Kier molecular flexibility index (Phi) is 3.31. The Bertz CT molecular complexity index is 361. The third-order valence-electron chi connectivity index (χ3n) is 2.18. The van der Waals surface area contributed by atoms with Crippen molar-refractivity contribution in [1.82, 2.24) is 5.32 Å². The van der Waals surface area contributed by atoms with Crippen molar-refractivity contribution in [3.05, 3.63) is 29.8 Å². The average Bonchev–Trinajstić information content (AvgIpc) is 2.15. The predicted molar refractivity (Wildman–Crippen MR) is 56.7 cm³/mol. The Morgan fingerprint density at radius 3 is 2.67 bits per heavy atom. The van der Waals surface area contributed by atoms with Crippen LogP contribution in [0.3, 0.4) is 0 Å². The quantitative estimate of drug-likeness (QED) is 0.700. The molecule has 0 spiro atoms. The molecule has 4 heteroatoms. The Balaban J connectivity index is 2.61. The largest absolute Gasteiger partial charge is 0.508 e. The molecule has 82 valence electrons. The number of carboxylic acid groups (broad SMARTS) is 1. The highest BCUT2D eigenvalue weighted by Crippen LogP contribution is 2.12. The van der Waals surface area contributed by atoms with Crippen LogP contribution < -0.4 is 5.32 Å². The van der Waals surface area contributed by atoms with Crippen molar-refractivity contribution >= 4 is 5.97 Å². The Labute approximate surface area is 88.6 Å². The first-order valence-corrected chi connectivity index (χ1v) is 4.68. The van der Waals surface area contributed by atoms with Gasteiger partial charge in [0.1, 0.15) is 11.3 Å². The van der Waals surface area contributed by atoms with Crippen LogP contribution >= 0.6 is 0 Å². The fraction of sp³-hybridized carbons (Fsp3) is 0.364. The number of phenols is 1. The van der Waals surface area contributed by atoms with Crippen molar-refractivity contribution in [2.75, 3.05) is 0 Å². The molecule has 0 aliphatic carbocycles. The molecule has 0 aromatic heterocycles. The van der Waals surface area contributed by atoms with E-state index in [9.17, 15) is 9.90 Å². The molecule has 0 amide bonds. The first kappa shape index (κ1) is 11.5. The number of hydrogen-bond donors (Lipinski definition) is 3. The van der Waals surface area contributed by atoms with Crippen LogP contribution in [-0.2, 0) is 11.3 Å². The lowest BCUT2D eigenvalue weighted by Crippen LogP contribution is -2.46. The summed E-state index contributed by atoms with van der Waals surface area (Å²) in [5, 5.41) is 21.0.